The number of fused-ring (bicyclic) bond motifs is 2. The van der Waals surface area contributed by atoms with Crippen LogP contribution in [0.3, 0.4) is 0 Å². The first-order valence-electron chi connectivity index (χ1n) is 10.7. The molecule has 2 aromatic heterocycles. The number of benzene rings is 2. The van der Waals surface area contributed by atoms with Gasteiger partial charge >= 0.3 is 0 Å². The molecule has 5 rings (SSSR count). The first-order chi connectivity index (χ1) is 17.1. The van der Waals surface area contributed by atoms with Gasteiger partial charge in [0.2, 0.25) is 0 Å². The van der Waals surface area contributed by atoms with E-state index in [4.69, 9.17) is 0 Å². The number of aryl methyl sites for hydroxylation is 1. The zero-order chi connectivity index (χ0) is 24.5. The number of nitriles is 4. The summed E-state index contributed by atoms with van der Waals surface area (Å²) >= 11 is 1.58. The Hall–Kier alpha value is -5.14. The molecule has 0 atom stereocenters. The van der Waals surface area contributed by atoms with Crippen molar-refractivity contribution in [3.63, 3.8) is 0 Å². The maximum Gasteiger partial charge on any atom is 0.138 e. The molecule has 0 saturated carbocycles. The van der Waals surface area contributed by atoms with Gasteiger partial charge in [-0.05, 0) is 40.5 Å². The van der Waals surface area contributed by atoms with Crippen molar-refractivity contribution in [2.45, 2.75) is 0 Å². The highest BCUT2D eigenvalue weighted by Gasteiger charge is 2.32. The molecular weight excluding hydrogens is 450 g/mol. The number of hydrogen-bond acceptors (Lipinski definition) is 5. The fourth-order valence-corrected chi connectivity index (χ4v) is 5.59. The van der Waals surface area contributed by atoms with Gasteiger partial charge in [0.15, 0.2) is 0 Å². The summed E-state index contributed by atoms with van der Waals surface area (Å²) < 4.78 is 3.22. The van der Waals surface area contributed by atoms with Crippen LogP contribution < -0.4 is 0 Å². The third-order valence-electron chi connectivity index (χ3n) is 6.06. The third-order valence-corrected chi connectivity index (χ3v) is 7.08. The van der Waals surface area contributed by atoms with Crippen molar-refractivity contribution in [2.24, 2.45) is 7.05 Å². The number of hydrogen-bond donors (Lipinski definition) is 0. The Balaban J connectivity index is 1.76. The summed E-state index contributed by atoms with van der Waals surface area (Å²) in [5, 5.41) is 38.7. The van der Waals surface area contributed by atoms with Crippen molar-refractivity contribution in [1.82, 2.24) is 4.57 Å². The van der Waals surface area contributed by atoms with Gasteiger partial charge in [-0.25, -0.2) is 0 Å². The molecule has 0 saturated heterocycles. The lowest BCUT2D eigenvalue weighted by molar-refractivity contribution is 0.979. The van der Waals surface area contributed by atoms with Crippen LogP contribution in [0, 0.1) is 45.3 Å². The van der Waals surface area contributed by atoms with Crippen LogP contribution in [0.1, 0.15) is 16.0 Å². The highest BCUT2D eigenvalue weighted by molar-refractivity contribution is 7.19. The lowest BCUT2D eigenvalue weighted by Crippen LogP contribution is -1.90. The maximum atomic E-state index is 9.69. The van der Waals surface area contributed by atoms with Crippen LogP contribution in [0.15, 0.2) is 83.4 Å². The highest BCUT2D eigenvalue weighted by Crippen LogP contribution is 2.49. The topological polar surface area (TPSA) is 100 Å². The van der Waals surface area contributed by atoms with Crippen LogP contribution in [0.25, 0.3) is 38.7 Å². The fourth-order valence-electron chi connectivity index (χ4n) is 4.52. The molecule has 4 aromatic rings. The molecule has 2 heterocycles. The summed E-state index contributed by atoms with van der Waals surface area (Å²) in [5.41, 5.74) is 5.95. The van der Waals surface area contributed by atoms with E-state index in [2.05, 4.69) is 28.8 Å². The molecule has 0 aliphatic heterocycles. The summed E-state index contributed by atoms with van der Waals surface area (Å²) in [6.45, 7) is 0. The van der Waals surface area contributed by atoms with Crippen LogP contribution in [-0.2, 0) is 7.05 Å². The van der Waals surface area contributed by atoms with Gasteiger partial charge < -0.3 is 4.57 Å². The zero-order valence-electron chi connectivity index (χ0n) is 18.6. The van der Waals surface area contributed by atoms with Gasteiger partial charge in [-0.3, -0.25) is 0 Å². The van der Waals surface area contributed by atoms with Crippen LogP contribution in [0.4, 0.5) is 0 Å². The van der Waals surface area contributed by atoms with E-state index in [-0.39, 0.29) is 11.1 Å². The predicted octanol–water partition coefficient (Wildman–Crippen LogP) is 6.61. The predicted molar refractivity (Wildman–Crippen MR) is 137 cm³/mol. The SMILES string of the molecule is Cn1c(-c2ccccc2)cc2sc(C=C3C(=C(C#N)C#N)c4ccccc4C3=C(C#N)C#N)cc21. The zero-order valence-corrected chi connectivity index (χ0v) is 19.4. The summed E-state index contributed by atoms with van der Waals surface area (Å²) in [5.74, 6) is 0. The molecule has 5 nitrogen and oxygen atoms in total. The van der Waals surface area contributed by atoms with Gasteiger partial charge in [-0.1, -0.05) is 54.6 Å². The monoisotopic (exact) mass is 465 g/mol. The van der Waals surface area contributed by atoms with E-state index in [0.29, 0.717) is 27.8 Å². The van der Waals surface area contributed by atoms with Gasteiger partial charge in [-0.2, -0.15) is 21.0 Å². The average molecular weight is 466 g/mol. The third kappa shape index (κ3) is 3.43. The van der Waals surface area contributed by atoms with Gasteiger partial charge in [-0.15, -0.1) is 11.3 Å². The minimum atomic E-state index is -0.0543. The van der Waals surface area contributed by atoms with Crippen LogP contribution >= 0.6 is 11.3 Å². The largest absolute Gasteiger partial charge is 0.343 e. The molecule has 0 radical (unpaired) electrons. The quantitative estimate of drug-likeness (QED) is 0.311. The number of allylic oxidation sites excluding steroid dienone is 5. The lowest BCUT2D eigenvalue weighted by atomic mass is 9.96. The van der Waals surface area contributed by atoms with Crippen molar-refractivity contribution >= 4 is 38.8 Å². The van der Waals surface area contributed by atoms with E-state index in [0.717, 1.165) is 26.4 Å². The van der Waals surface area contributed by atoms with Crippen LogP contribution in [0.2, 0.25) is 0 Å². The summed E-state index contributed by atoms with van der Waals surface area (Å²) in [6.07, 6.45) is 1.88. The summed E-state index contributed by atoms with van der Waals surface area (Å²) in [4.78, 5) is 0.897. The molecule has 1 aliphatic rings. The minimum absolute atomic E-state index is 0.0543. The average Bonchev–Trinajstić information content (AvgIpc) is 3.53. The number of aromatic nitrogens is 1. The van der Waals surface area contributed by atoms with E-state index in [1.54, 1.807) is 11.3 Å². The van der Waals surface area contributed by atoms with Crippen molar-refractivity contribution in [3.05, 3.63) is 99.5 Å². The standard InChI is InChI=1S/C29H15N5S/c1-34-25(18-7-3-2-4-8-18)13-27-26(34)12-21(35-27)11-24-28(19(14-30)15-31)22-9-5-6-10-23(22)29(24)20(16-32)17-33/h2-13H,1H3. The van der Waals surface area contributed by atoms with E-state index in [1.807, 2.05) is 79.9 Å². The second-order valence-electron chi connectivity index (χ2n) is 7.90. The van der Waals surface area contributed by atoms with Gasteiger partial charge in [0.25, 0.3) is 0 Å². The molecule has 0 fully saturated rings. The molecule has 6 heteroatoms. The van der Waals surface area contributed by atoms with E-state index in [1.165, 1.54) is 0 Å². The van der Waals surface area contributed by atoms with Crippen LogP contribution in [-0.4, -0.2) is 4.57 Å². The molecule has 2 aromatic carbocycles. The smallest absolute Gasteiger partial charge is 0.138 e. The lowest BCUT2D eigenvalue weighted by Gasteiger charge is -2.05. The minimum Gasteiger partial charge on any atom is -0.343 e. The molecule has 0 amide bonds. The number of thiophene rings is 1. The second-order valence-corrected chi connectivity index (χ2v) is 9.02. The van der Waals surface area contributed by atoms with Gasteiger partial charge in [0.05, 0.1) is 10.2 Å². The highest BCUT2D eigenvalue weighted by atomic mass is 32.1. The first kappa shape index (κ1) is 21.7. The Morgan fingerprint density at radius 3 is 1.83 bits per heavy atom. The van der Waals surface area contributed by atoms with Crippen LogP contribution in [0.5, 0.6) is 0 Å². The van der Waals surface area contributed by atoms with E-state index >= 15 is 0 Å². The molecule has 0 spiro atoms. The Kier molecular flexibility index (Phi) is 5.37. The molecular formula is C29H15N5S. The van der Waals surface area contributed by atoms with Crippen molar-refractivity contribution in [2.75, 3.05) is 0 Å². The summed E-state index contributed by atoms with van der Waals surface area (Å²) in [7, 11) is 2.02. The summed E-state index contributed by atoms with van der Waals surface area (Å²) in [6, 6.07) is 29.6. The van der Waals surface area contributed by atoms with E-state index in [9.17, 15) is 21.0 Å². The van der Waals surface area contributed by atoms with Gasteiger partial charge in [0.1, 0.15) is 35.4 Å². The van der Waals surface area contributed by atoms with Crippen molar-refractivity contribution in [3.8, 4) is 35.5 Å². The molecule has 0 unspecified atom stereocenters. The number of rotatable bonds is 2. The molecule has 35 heavy (non-hydrogen) atoms. The normalized spacial score (nSPS) is 11.9. The number of nitrogens with zero attached hydrogens (tertiary/aromatic N) is 5. The Morgan fingerprint density at radius 2 is 1.31 bits per heavy atom. The molecule has 162 valence electrons. The first-order valence-corrected chi connectivity index (χ1v) is 11.5. The van der Waals surface area contributed by atoms with Crippen molar-refractivity contribution in [1.29, 1.82) is 21.0 Å². The molecule has 0 N–H and O–H groups in total. The maximum absolute atomic E-state index is 9.69. The molecule has 1 aliphatic carbocycles. The Morgan fingerprint density at radius 1 is 0.771 bits per heavy atom. The Bertz CT molecular complexity index is 1680. The Labute approximate surface area is 206 Å². The fraction of sp³-hybridized carbons (Fsp3) is 0.0345. The van der Waals surface area contributed by atoms with Crippen molar-refractivity contribution < 1.29 is 0 Å². The molecule has 0 bridgehead atoms. The van der Waals surface area contributed by atoms with E-state index < -0.39 is 0 Å². The second kappa shape index (κ2) is 8.66. The van der Waals surface area contributed by atoms with Gasteiger partial charge in [0, 0.05) is 28.8 Å².